The summed E-state index contributed by atoms with van der Waals surface area (Å²) in [6.07, 6.45) is 1.04. The van der Waals surface area contributed by atoms with Crippen LogP contribution in [0.25, 0.3) is 0 Å². The highest BCUT2D eigenvalue weighted by Crippen LogP contribution is 2.28. The molecule has 0 saturated heterocycles. The van der Waals surface area contributed by atoms with Crippen LogP contribution in [0.5, 0.6) is 0 Å². The lowest BCUT2D eigenvalue weighted by Crippen LogP contribution is -2.52. The molecule has 0 aliphatic heterocycles. The zero-order valence-electron chi connectivity index (χ0n) is 22.5. The van der Waals surface area contributed by atoms with Gasteiger partial charge in [-0.25, -0.2) is 8.42 Å². The Morgan fingerprint density at radius 2 is 1.62 bits per heavy atom. The minimum absolute atomic E-state index is 0.00829. The standard InChI is InChI=1S/C29H32BrCl2N3O4S/c1-4-16-33-29(37)27(5-2)34(18-21-8-11-23(31)17-26(21)32)28(36)19-35(24-12-9-22(30)10-13-24)40(38,39)25-14-6-20(3)7-15-25/h6-15,17,27H,4-5,16,18-19H2,1-3H3,(H,33,37)/t27-/m0/s1. The van der Waals surface area contributed by atoms with Gasteiger partial charge >= 0.3 is 0 Å². The smallest absolute Gasteiger partial charge is 0.264 e. The van der Waals surface area contributed by atoms with Crippen molar-refractivity contribution < 1.29 is 18.0 Å². The van der Waals surface area contributed by atoms with Gasteiger partial charge in [0.1, 0.15) is 12.6 Å². The van der Waals surface area contributed by atoms with Gasteiger partial charge in [0.05, 0.1) is 10.6 Å². The maximum atomic E-state index is 14.0. The van der Waals surface area contributed by atoms with Crippen LogP contribution in [-0.2, 0) is 26.2 Å². The van der Waals surface area contributed by atoms with Crippen LogP contribution in [0.3, 0.4) is 0 Å². The molecule has 40 heavy (non-hydrogen) atoms. The number of aryl methyl sites for hydroxylation is 1. The van der Waals surface area contributed by atoms with E-state index < -0.39 is 28.5 Å². The number of carbonyl (C=O) groups is 2. The molecule has 0 saturated carbocycles. The molecule has 0 radical (unpaired) electrons. The largest absolute Gasteiger partial charge is 0.354 e. The minimum atomic E-state index is -4.14. The van der Waals surface area contributed by atoms with E-state index in [4.69, 9.17) is 23.2 Å². The first-order valence-electron chi connectivity index (χ1n) is 12.8. The van der Waals surface area contributed by atoms with E-state index >= 15 is 0 Å². The molecule has 214 valence electrons. The van der Waals surface area contributed by atoms with E-state index in [0.29, 0.717) is 34.3 Å². The number of hydrogen-bond donors (Lipinski definition) is 1. The Morgan fingerprint density at radius 3 is 2.20 bits per heavy atom. The van der Waals surface area contributed by atoms with Crippen LogP contribution in [0, 0.1) is 6.92 Å². The number of hydrogen-bond acceptors (Lipinski definition) is 4. The van der Waals surface area contributed by atoms with Gasteiger partial charge in [0.25, 0.3) is 10.0 Å². The van der Waals surface area contributed by atoms with Crippen LogP contribution in [0.1, 0.15) is 37.8 Å². The lowest BCUT2D eigenvalue weighted by atomic mass is 10.1. The van der Waals surface area contributed by atoms with Gasteiger partial charge in [-0.1, -0.05) is 76.7 Å². The maximum absolute atomic E-state index is 14.0. The molecule has 0 bridgehead atoms. The van der Waals surface area contributed by atoms with Crippen LogP contribution >= 0.6 is 39.1 Å². The third kappa shape index (κ3) is 8.00. The molecule has 1 N–H and O–H groups in total. The van der Waals surface area contributed by atoms with Crippen molar-refractivity contribution in [2.24, 2.45) is 0 Å². The van der Waals surface area contributed by atoms with Gasteiger partial charge in [-0.05, 0) is 73.9 Å². The maximum Gasteiger partial charge on any atom is 0.264 e. The summed E-state index contributed by atoms with van der Waals surface area (Å²) in [6.45, 7) is 5.51. The van der Waals surface area contributed by atoms with Crippen LogP contribution in [0.4, 0.5) is 5.69 Å². The average Bonchev–Trinajstić information content (AvgIpc) is 2.92. The lowest BCUT2D eigenvalue weighted by molar-refractivity contribution is -0.140. The minimum Gasteiger partial charge on any atom is -0.354 e. The molecule has 0 heterocycles. The fraction of sp³-hybridized carbons (Fsp3) is 0.310. The third-order valence-electron chi connectivity index (χ3n) is 6.29. The Labute approximate surface area is 254 Å². The van der Waals surface area contributed by atoms with Crippen LogP contribution in [0.2, 0.25) is 10.0 Å². The van der Waals surface area contributed by atoms with Gasteiger partial charge in [-0.15, -0.1) is 0 Å². The highest BCUT2D eigenvalue weighted by molar-refractivity contribution is 9.10. The zero-order valence-corrected chi connectivity index (χ0v) is 26.4. The van der Waals surface area contributed by atoms with Crippen LogP contribution < -0.4 is 9.62 Å². The fourth-order valence-corrected chi connectivity index (χ4v) is 6.24. The van der Waals surface area contributed by atoms with Crippen LogP contribution in [0.15, 0.2) is 76.1 Å². The Morgan fingerprint density at radius 1 is 0.975 bits per heavy atom. The highest BCUT2D eigenvalue weighted by atomic mass is 79.9. The molecule has 11 heteroatoms. The summed E-state index contributed by atoms with van der Waals surface area (Å²) in [5.74, 6) is -0.873. The van der Waals surface area contributed by atoms with Crippen molar-refractivity contribution in [2.75, 3.05) is 17.4 Å². The number of nitrogens with one attached hydrogen (secondary N) is 1. The number of anilines is 1. The summed E-state index contributed by atoms with van der Waals surface area (Å²) in [5, 5.41) is 3.63. The second-order valence-corrected chi connectivity index (χ2v) is 12.9. The number of benzene rings is 3. The molecular formula is C29H32BrCl2N3O4S. The SMILES string of the molecule is CCCNC(=O)[C@H](CC)N(Cc1ccc(Cl)cc1Cl)C(=O)CN(c1ccc(Br)cc1)S(=O)(=O)c1ccc(C)cc1. The van der Waals surface area contributed by atoms with Crippen molar-refractivity contribution in [1.82, 2.24) is 10.2 Å². The van der Waals surface area contributed by atoms with Gasteiger partial charge in [0, 0.05) is 27.6 Å². The third-order valence-corrected chi connectivity index (χ3v) is 9.20. The van der Waals surface area contributed by atoms with E-state index in [1.807, 2.05) is 13.8 Å². The first kappa shape index (κ1) is 31.9. The monoisotopic (exact) mass is 667 g/mol. The molecule has 1 atom stereocenters. The lowest BCUT2D eigenvalue weighted by Gasteiger charge is -2.33. The van der Waals surface area contributed by atoms with Gasteiger partial charge in [-0.2, -0.15) is 0 Å². The van der Waals surface area contributed by atoms with Gasteiger partial charge < -0.3 is 10.2 Å². The predicted octanol–water partition coefficient (Wildman–Crippen LogP) is 6.59. The summed E-state index contributed by atoms with van der Waals surface area (Å²) in [7, 11) is -4.14. The molecule has 3 rings (SSSR count). The Balaban J connectivity index is 2.06. The number of halogens is 3. The van der Waals surface area contributed by atoms with Crippen molar-refractivity contribution in [3.05, 3.63) is 92.4 Å². The van der Waals surface area contributed by atoms with Crippen molar-refractivity contribution in [3.63, 3.8) is 0 Å². The Bertz CT molecular complexity index is 1430. The summed E-state index contributed by atoms with van der Waals surface area (Å²) >= 11 is 15.9. The van der Waals surface area contributed by atoms with E-state index in [9.17, 15) is 18.0 Å². The number of rotatable bonds is 12. The molecule has 0 unspecified atom stereocenters. The van der Waals surface area contributed by atoms with Gasteiger partial charge in [0.2, 0.25) is 11.8 Å². The molecule has 3 aromatic rings. The van der Waals surface area contributed by atoms with Gasteiger partial charge in [0.15, 0.2) is 0 Å². The van der Waals surface area contributed by atoms with Crippen molar-refractivity contribution in [3.8, 4) is 0 Å². The molecular weight excluding hydrogens is 637 g/mol. The van der Waals surface area contributed by atoms with Crippen molar-refractivity contribution in [1.29, 1.82) is 0 Å². The average molecular weight is 669 g/mol. The highest BCUT2D eigenvalue weighted by Gasteiger charge is 2.34. The Kier molecular flexibility index (Phi) is 11.5. The summed E-state index contributed by atoms with van der Waals surface area (Å²) in [4.78, 5) is 28.6. The summed E-state index contributed by atoms with van der Waals surface area (Å²) < 4.78 is 29.6. The Hall–Kier alpha value is -2.59. The topological polar surface area (TPSA) is 86.8 Å². The number of nitrogens with zero attached hydrogens (tertiary/aromatic N) is 2. The normalized spacial score (nSPS) is 12.1. The first-order valence-corrected chi connectivity index (χ1v) is 15.8. The van der Waals surface area contributed by atoms with E-state index in [0.717, 1.165) is 20.8 Å². The molecule has 0 aliphatic rings. The molecule has 0 aliphatic carbocycles. The van der Waals surface area contributed by atoms with Crippen LogP contribution in [-0.4, -0.2) is 44.3 Å². The van der Waals surface area contributed by atoms with E-state index in [1.54, 1.807) is 61.5 Å². The summed E-state index contributed by atoms with van der Waals surface area (Å²) in [6, 6.07) is 17.1. The fourth-order valence-electron chi connectivity index (χ4n) is 4.09. The zero-order chi connectivity index (χ0) is 29.4. The number of carbonyl (C=O) groups excluding carboxylic acids is 2. The van der Waals surface area contributed by atoms with Crippen molar-refractivity contribution >= 4 is 66.7 Å². The molecule has 7 nitrogen and oxygen atoms in total. The van der Waals surface area contributed by atoms with E-state index in [2.05, 4.69) is 21.2 Å². The van der Waals surface area contributed by atoms with E-state index in [1.165, 1.54) is 17.0 Å². The molecule has 0 spiro atoms. The molecule has 3 aromatic carbocycles. The number of amides is 2. The van der Waals surface area contributed by atoms with Gasteiger partial charge in [-0.3, -0.25) is 13.9 Å². The number of sulfonamides is 1. The molecule has 2 amide bonds. The first-order chi connectivity index (χ1) is 19.0. The quantitative estimate of drug-likeness (QED) is 0.236. The predicted molar refractivity (Wildman–Crippen MR) is 164 cm³/mol. The van der Waals surface area contributed by atoms with Crippen molar-refractivity contribution in [2.45, 2.75) is 51.1 Å². The second-order valence-electron chi connectivity index (χ2n) is 9.27. The van der Waals surface area contributed by atoms with E-state index in [-0.39, 0.29) is 17.3 Å². The second kappa shape index (κ2) is 14.3. The molecule has 0 fully saturated rings. The summed E-state index contributed by atoms with van der Waals surface area (Å²) in [5.41, 5.74) is 1.79. The molecule has 0 aromatic heterocycles.